The van der Waals surface area contributed by atoms with Crippen LogP contribution < -0.4 is 9.46 Å². The van der Waals surface area contributed by atoms with Crippen LogP contribution in [-0.4, -0.2) is 52.8 Å². The summed E-state index contributed by atoms with van der Waals surface area (Å²) < 4.78 is 38.9. The smallest absolute Gasteiger partial charge is 0.240 e. The number of nitrogens with zero attached hydrogens (tertiary/aromatic N) is 1. The van der Waals surface area contributed by atoms with Crippen molar-refractivity contribution in [2.24, 2.45) is 0 Å². The van der Waals surface area contributed by atoms with E-state index in [0.29, 0.717) is 32.1 Å². The standard InChI is InChI=1S/C18H24N2O4S2/c1-2-24-15-5-7-16(8-6-15)26(21,22)19-14-17(18-4-3-13-25-18)20-9-11-23-12-10-20/h3-8,13,17,19H,2,9-12,14H2,1H3/t17-/m1/s1. The maximum atomic E-state index is 12.7. The van der Waals surface area contributed by atoms with E-state index < -0.39 is 10.0 Å². The van der Waals surface area contributed by atoms with E-state index in [2.05, 4.69) is 15.7 Å². The molecule has 0 saturated carbocycles. The Morgan fingerprint density at radius 3 is 2.58 bits per heavy atom. The molecule has 2 heterocycles. The molecule has 0 bridgehead atoms. The molecule has 6 nitrogen and oxygen atoms in total. The Morgan fingerprint density at radius 1 is 1.23 bits per heavy atom. The number of hydrogen-bond acceptors (Lipinski definition) is 6. The van der Waals surface area contributed by atoms with Gasteiger partial charge in [-0.05, 0) is 42.6 Å². The largest absolute Gasteiger partial charge is 0.494 e. The third-order valence-electron chi connectivity index (χ3n) is 4.27. The van der Waals surface area contributed by atoms with Gasteiger partial charge in [0.2, 0.25) is 10.0 Å². The highest BCUT2D eigenvalue weighted by atomic mass is 32.2. The molecule has 1 N–H and O–H groups in total. The minimum atomic E-state index is -3.58. The van der Waals surface area contributed by atoms with E-state index in [1.807, 2.05) is 18.4 Å². The van der Waals surface area contributed by atoms with Crippen molar-refractivity contribution in [1.82, 2.24) is 9.62 Å². The number of thiophene rings is 1. The van der Waals surface area contributed by atoms with Gasteiger partial charge in [-0.1, -0.05) is 6.07 Å². The van der Waals surface area contributed by atoms with Gasteiger partial charge in [0, 0.05) is 24.5 Å². The average molecular weight is 397 g/mol. The van der Waals surface area contributed by atoms with Crippen molar-refractivity contribution in [2.75, 3.05) is 39.5 Å². The lowest BCUT2D eigenvalue weighted by atomic mass is 10.2. The summed E-state index contributed by atoms with van der Waals surface area (Å²) in [5, 5.41) is 2.02. The lowest BCUT2D eigenvalue weighted by molar-refractivity contribution is 0.0179. The number of ether oxygens (including phenoxy) is 2. The van der Waals surface area contributed by atoms with Gasteiger partial charge in [-0.25, -0.2) is 13.1 Å². The lowest BCUT2D eigenvalue weighted by Crippen LogP contribution is -2.43. The molecule has 0 unspecified atom stereocenters. The summed E-state index contributed by atoms with van der Waals surface area (Å²) in [7, 11) is -3.58. The van der Waals surface area contributed by atoms with Gasteiger partial charge in [-0.15, -0.1) is 11.3 Å². The monoisotopic (exact) mass is 396 g/mol. The molecule has 1 fully saturated rings. The lowest BCUT2D eigenvalue weighted by Gasteiger charge is -2.34. The molecule has 1 atom stereocenters. The van der Waals surface area contributed by atoms with Crippen LogP contribution in [0.3, 0.4) is 0 Å². The third-order valence-corrected chi connectivity index (χ3v) is 6.68. The molecule has 1 aromatic heterocycles. The van der Waals surface area contributed by atoms with Crippen LogP contribution in [0.1, 0.15) is 17.8 Å². The molecule has 1 aliphatic heterocycles. The van der Waals surface area contributed by atoms with Crippen molar-refractivity contribution < 1.29 is 17.9 Å². The van der Waals surface area contributed by atoms with E-state index >= 15 is 0 Å². The zero-order valence-electron chi connectivity index (χ0n) is 14.8. The summed E-state index contributed by atoms with van der Waals surface area (Å²) in [5.41, 5.74) is 0. The topological polar surface area (TPSA) is 67.9 Å². The Balaban J connectivity index is 1.70. The van der Waals surface area contributed by atoms with Gasteiger partial charge in [0.1, 0.15) is 5.75 Å². The van der Waals surface area contributed by atoms with Gasteiger partial charge in [0.25, 0.3) is 0 Å². The van der Waals surface area contributed by atoms with E-state index in [1.54, 1.807) is 35.6 Å². The van der Waals surface area contributed by atoms with Crippen molar-refractivity contribution in [3.05, 3.63) is 46.7 Å². The first-order valence-electron chi connectivity index (χ1n) is 8.68. The summed E-state index contributed by atoms with van der Waals surface area (Å²) >= 11 is 1.64. The molecule has 3 rings (SSSR count). The highest BCUT2D eigenvalue weighted by Crippen LogP contribution is 2.26. The van der Waals surface area contributed by atoms with E-state index in [0.717, 1.165) is 18.0 Å². The molecule has 0 aliphatic carbocycles. The Hall–Kier alpha value is -1.45. The van der Waals surface area contributed by atoms with Crippen LogP contribution in [0.2, 0.25) is 0 Å². The molecule has 0 amide bonds. The van der Waals surface area contributed by atoms with Crippen LogP contribution in [-0.2, 0) is 14.8 Å². The fourth-order valence-electron chi connectivity index (χ4n) is 2.93. The number of benzene rings is 1. The number of rotatable bonds is 8. The molecule has 1 saturated heterocycles. The molecule has 0 spiro atoms. The second kappa shape index (κ2) is 8.96. The van der Waals surface area contributed by atoms with E-state index in [9.17, 15) is 8.42 Å². The summed E-state index contributed by atoms with van der Waals surface area (Å²) in [6.45, 7) is 5.72. The van der Waals surface area contributed by atoms with E-state index in [1.165, 1.54) is 0 Å². The Bertz CT molecular complexity index is 770. The molecule has 1 aliphatic rings. The molecule has 26 heavy (non-hydrogen) atoms. The summed E-state index contributed by atoms with van der Waals surface area (Å²) in [5.74, 6) is 0.663. The van der Waals surface area contributed by atoms with E-state index in [4.69, 9.17) is 9.47 Å². The summed E-state index contributed by atoms with van der Waals surface area (Å²) in [6, 6.07) is 10.6. The second-order valence-corrected chi connectivity index (χ2v) is 8.68. The molecular formula is C18H24N2O4S2. The Kier molecular flexibility index (Phi) is 6.66. The molecule has 142 valence electrons. The Labute approximate surface area is 158 Å². The highest BCUT2D eigenvalue weighted by Gasteiger charge is 2.25. The van der Waals surface area contributed by atoms with Crippen LogP contribution >= 0.6 is 11.3 Å². The maximum absolute atomic E-state index is 12.7. The van der Waals surface area contributed by atoms with Crippen LogP contribution in [0.4, 0.5) is 0 Å². The van der Waals surface area contributed by atoms with Gasteiger partial charge in [0.05, 0.1) is 30.8 Å². The Morgan fingerprint density at radius 2 is 1.96 bits per heavy atom. The quantitative estimate of drug-likeness (QED) is 0.743. The number of morpholine rings is 1. The summed E-state index contributed by atoms with van der Waals surface area (Å²) in [4.78, 5) is 3.67. The molecule has 1 aromatic carbocycles. The van der Waals surface area contributed by atoms with Gasteiger partial charge in [-0.2, -0.15) is 0 Å². The zero-order valence-corrected chi connectivity index (χ0v) is 16.4. The van der Waals surface area contributed by atoms with Gasteiger partial charge in [-0.3, -0.25) is 4.90 Å². The predicted octanol–water partition coefficient (Wildman–Crippen LogP) is 2.50. The zero-order chi connectivity index (χ0) is 18.4. The normalized spacial score (nSPS) is 17.1. The first-order valence-corrected chi connectivity index (χ1v) is 11.0. The second-order valence-electron chi connectivity index (χ2n) is 5.94. The van der Waals surface area contributed by atoms with Crippen LogP contribution in [0, 0.1) is 0 Å². The highest BCUT2D eigenvalue weighted by molar-refractivity contribution is 7.89. The number of sulfonamides is 1. The van der Waals surface area contributed by atoms with Gasteiger partial charge < -0.3 is 9.47 Å². The van der Waals surface area contributed by atoms with Crippen LogP contribution in [0.5, 0.6) is 5.75 Å². The number of hydrogen-bond donors (Lipinski definition) is 1. The molecular weight excluding hydrogens is 372 g/mol. The van der Waals surface area contributed by atoms with Gasteiger partial charge in [0.15, 0.2) is 0 Å². The van der Waals surface area contributed by atoms with Crippen molar-refractivity contribution in [2.45, 2.75) is 17.9 Å². The van der Waals surface area contributed by atoms with Crippen molar-refractivity contribution in [1.29, 1.82) is 0 Å². The van der Waals surface area contributed by atoms with Crippen LogP contribution in [0.15, 0.2) is 46.7 Å². The molecule has 8 heteroatoms. The van der Waals surface area contributed by atoms with Crippen molar-refractivity contribution in [3.8, 4) is 5.75 Å². The number of nitrogens with one attached hydrogen (secondary N) is 1. The van der Waals surface area contributed by atoms with Crippen molar-refractivity contribution in [3.63, 3.8) is 0 Å². The first kappa shape index (κ1) is 19.3. The minimum Gasteiger partial charge on any atom is -0.494 e. The SMILES string of the molecule is CCOc1ccc(S(=O)(=O)NC[C@H](c2cccs2)N2CCOCC2)cc1. The van der Waals surface area contributed by atoms with E-state index in [-0.39, 0.29) is 10.9 Å². The molecule has 2 aromatic rings. The average Bonchev–Trinajstić information content (AvgIpc) is 3.18. The first-order chi connectivity index (χ1) is 12.6. The predicted molar refractivity (Wildman–Crippen MR) is 102 cm³/mol. The fourth-order valence-corrected chi connectivity index (χ4v) is 4.83. The van der Waals surface area contributed by atoms with Crippen molar-refractivity contribution >= 4 is 21.4 Å². The fraction of sp³-hybridized carbons (Fsp3) is 0.444. The maximum Gasteiger partial charge on any atom is 0.240 e. The minimum absolute atomic E-state index is 0.0105. The van der Waals surface area contributed by atoms with Gasteiger partial charge >= 0.3 is 0 Å². The summed E-state index contributed by atoms with van der Waals surface area (Å²) in [6.07, 6.45) is 0. The molecule has 0 radical (unpaired) electrons. The van der Waals surface area contributed by atoms with Crippen LogP contribution in [0.25, 0.3) is 0 Å². The third kappa shape index (κ3) is 4.83.